The summed E-state index contributed by atoms with van der Waals surface area (Å²) in [7, 11) is 0. The average molecular weight is 277 g/mol. The molecule has 0 saturated heterocycles. The van der Waals surface area contributed by atoms with E-state index in [4.69, 9.17) is 9.47 Å². The smallest absolute Gasteiger partial charge is 0.401 e. The zero-order valence-corrected chi connectivity index (χ0v) is 11.0. The molecule has 0 aromatic heterocycles. The minimum absolute atomic E-state index is 0.132. The van der Waals surface area contributed by atoms with Gasteiger partial charge in [-0.25, -0.2) is 0 Å². The normalized spacial score (nSPS) is 13.1. The van der Waals surface area contributed by atoms with Crippen LogP contribution >= 0.6 is 0 Å². The summed E-state index contributed by atoms with van der Waals surface area (Å²) in [5, 5.41) is 2.30. The molecule has 0 saturated carbocycles. The number of alkyl halides is 3. The van der Waals surface area contributed by atoms with Crippen molar-refractivity contribution >= 4 is 0 Å². The quantitative estimate of drug-likeness (QED) is 0.831. The molecule has 0 aliphatic rings. The lowest BCUT2D eigenvalue weighted by Crippen LogP contribution is -2.35. The minimum atomic E-state index is -4.20. The van der Waals surface area contributed by atoms with E-state index in [1.165, 1.54) is 0 Å². The molecule has 0 spiro atoms. The van der Waals surface area contributed by atoms with Crippen molar-refractivity contribution in [1.29, 1.82) is 0 Å². The summed E-state index contributed by atoms with van der Waals surface area (Å²) < 4.78 is 46.6. The molecule has 1 aromatic carbocycles. The minimum Gasteiger partial charge on any atom is -0.494 e. The highest BCUT2D eigenvalue weighted by Crippen LogP contribution is 2.18. The molecule has 0 aliphatic heterocycles. The van der Waals surface area contributed by atoms with E-state index in [1.54, 1.807) is 31.2 Å². The van der Waals surface area contributed by atoms with E-state index in [9.17, 15) is 13.2 Å². The van der Waals surface area contributed by atoms with Gasteiger partial charge in [-0.2, -0.15) is 13.2 Å². The summed E-state index contributed by atoms with van der Waals surface area (Å²) >= 11 is 0. The van der Waals surface area contributed by atoms with Crippen LogP contribution in [0.1, 0.15) is 13.8 Å². The van der Waals surface area contributed by atoms with E-state index in [-0.39, 0.29) is 12.6 Å². The zero-order valence-electron chi connectivity index (χ0n) is 11.0. The van der Waals surface area contributed by atoms with Crippen molar-refractivity contribution in [2.45, 2.75) is 26.1 Å². The van der Waals surface area contributed by atoms with Gasteiger partial charge in [-0.15, -0.1) is 0 Å². The van der Waals surface area contributed by atoms with E-state index in [0.29, 0.717) is 12.4 Å². The molecule has 3 nitrogen and oxygen atoms in total. The second kappa shape index (κ2) is 7.23. The van der Waals surface area contributed by atoms with Gasteiger partial charge in [-0.05, 0) is 38.1 Å². The van der Waals surface area contributed by atoms with Crippen LogP contribution in [0.3, 0.4) is 0 Å². The fraction of sp³-hybridized carbons (Fsp3) is 0.538. The molecule has 1 rings (SSSR count). The number of hydrogen-bond donors (Lipinski definition) is 1. The van der Waals surface area contributed by atoms with Crippen LogP contribution in [0.5, 0.6) is 11.5 Å². The lowest BCUT2D eigenvalue weighted by Gasteiger charge is -2.16. The number of nitrogens with one attached hydrogen (secondary N) is 1. The third kappa shape index (κ3) is 6.91. The van der Waals surface area contributed by atoms with Crippen LogP contribution in [-0.2, 0) is 0 Å². The van der Waals surface area contributed by atoms with Crippen LogP contribution in [0.25, 0.3) is 0 Å². The molecule has 0 fully saturated rings. The highest BCUT2D eigenvalue weighted by Gasteiger charge is 2.26. The summed E-state index contributed by atoms with van der Waals surface area (Å²) in [4.78, 5) is 0. The third-order valence-corrected chi connectivity index (χ3v) is 2.23. The van der Waals surface area contributed by atoms with Crippen LogP contribution in [0.2, 0.25) is 0 Å². The van der Waals surface area contributed by atoms with Gasteiger partial charge < -0.3 is 14.8 Å². The van der Waals surface area contributed by atoms with Gasteiger partial charge in [0.05, 0.1) is 13.2 Å². The van der Waals surface area contributed by atoms with Gasteiger partial charge in [-0.1, -0.05) is 0 Å². The van der Waals surface area contributed by atoms with Gasteiger partial charge >= 0.3 is 6.18 Å². The number of rotatable bonds is 7. The fourth-order valence-electron chi connectivity index (χ4n) is 1.47. The summed E-state index contributed by atoms with van der Waals surface area (Å²) in [5.74, 6) is 1.34. The fourth-order valence-corrected chi connectivity index (χ4v) is 1.47. The molecular weight excluding hydrogens is 259 g/mol. The lowest BCUT2D eigenvalue weighted by atomic mass is 10.3. The Hall–Kier alpha value is -1.43. The predicted molar refractivity (Wildman–Crippen MR) is 66.6 cm³/mol. The molecule has 6 heteroatoms. The van der Waals surface area contributed by atoms with Gasteiger partial charge in [0.2, 0.25) is 0 Å². The Morgan fingerprint density at radius 3 is 2.26 bits per heavy atom. The molecule has 0 heterocycles. The average Bonchev–Trinajstić information content (AvgIpc) is 2.30. The first-order valence-electron chi connectivity index (χ1n) is 6.07. The highest BCUT2D eigenvalue weighted by atomic mass is 19.4. The van der Waals surface area contributed by atoms with Gasteiger partial charge in [0.15, 0.2) is 0 Å². The Balaban J connectivity index is 2.33. The summed E-state index contributed by atoms with van der Waals surface area (Å²) in [6, 6.07) is 6.97. The molecule has 1 aromatic rings. The summed E-state index contributed by atoms with van der Waals surface area (Å²) in [6.45, 7) is 3.30. The Bertz CT molecular complexity index is 365. The number of hydrogen-bond acceptors (Lipinski definition) is 3. The summed E-state index contributed by atoms with van der Waals surface area (Å²) in [6.07, 6.45) is -4.54. The number of benzene rings is 1. The topological polar surface area (TPSA) is 30.5 Å². The maximum atomic E-state index is 11.9. The molecule has 1 N–H and O–H groups in total. The van der Waals surface area contributed by atoms with Crippen molar-refractivity contribution in [2.75, 3.05) is 19.7 Å². The Morgan fingerprint density at radius 2 is 1.74 bits per heavy atom. The Morgan fingerprint density at radius 1 is 1.16 bits per heavy atom. The van der Waals surface area contributed by atoms with Crippen molar-refractivity contribution in [3.05, 3.63) is 24.3 Å². The largest absolute Gasteiger partial charge is 0.494 e. The van der Waals surface area contributed by atoms with E-state index in [2.05, 4.69) is 5.32 Å². The van der Waals surface area contributed by atoms with Crippen molar-refractivity contribution < 1.29 is 22.6 Å². The zero-order chi connectivity index (χ0) is 14.3. The van der Waals surface area contributed by atoms with Crippen molar-refractivity contribution in [3.63, 3.8) is 0 Å². The third-order valence-electron chi connectivity index (χ3n) is 2.23. The van der Waals surface area contributed by atoms with Gasteiger partial charge in [0, 0.05) is 6.54 Å². The molecule has 19 heavy (non-hydrogen) atoms. The molecule has 1 atom stereocenters. The standard InChI is InChI=1S/C13H18F3NO2/c1-3-18-11-4-6-12(7-5-11)19-10(2)8-17-9-13(14,15)16/h4-7,10,17H,3,8-9H2,1-2H3. The second-order valence-corrected chi connectivity index (χ2v) is 4.08. The molecule has 0 aliphatic carbocycles. The monoisotopic (exact) mass is 277 g/mol. The molecular formula is C13H18F3NO2. The van der Waals surface area contributed by atoms with E-state index >= 15 is 0 Å². The maximum absolute atomic E-state index is 11.9. The van der Waals surface area contributed by atoms with Crippen LogP contribution in [0.15, 0.2) is 24.3 Å². The molecule has 0 radical (unpaired) electrons. The first kappa shape index (κ1) is 15.6. The van der Waals surface area contributed by atoms with Crippen LogP contribution in [0.4, 0.5) is 13.2 Å². The van der Waals surface area contributed by atoms with Crippen molar-refractivity contribution in [2.24, 2.45) is 0 Å². The summed E-state index contributed by atoms with van der Waals surface area (Å²) in [5.41, 5.74) is 0. The number of halogens is 3. The first-order chi connectivity index (χ1) is 8.90. The van der Waals surface area contributed by atoms with Crippen LogP contribution in [-0.4, -0.2) is 32.0 Å². The van der Waals surface area contributed by atoms with Gasteiger partial charge in [-0.3, -0.25) is 0 Å². The predicted octanol–water partition coefficient (Wildman–Crippen LogP) is 3.00. The Labute approximate surface area is 110 Å². The van der Waals surface area contributed by atoms with Crippen LogP contribution in [0, 0.1) is 0 Å². The van der Waals surface area contributed by atoms with Gasteiger partial charge in [0.1, 0.15) is 17.6 Å². The van der Waals surface area contributed by atoms with E-state index in [1.807, 2.05) is 6.92 Å². The highest BCUT2D eigenvalue weighted by molar-refractivity contribution is 5.31. The molecule has 1 unspecified atom stereocenters. The molecule has 0 amide bonds. The lowest BCUT2D eigenvalue weighted by molar-refractivity contribution is -0.125. The van der Waals surface area contributed by atoms with E-state index < -0.39 is 12.7 Å². The Kier molecular flexibility index (Phi) is 5.95. The maximum Gasteiger partial charge on any atom is 0.401 e. The molecule has 108 valence electrons. The first-order valence-corrected chi connectivity index (χ1v) is 6.07. The SMILES string of the molecule is CCOc1ccc(OC(C)CNCC(F)(F)F)cc1. The van der Waals surface area contributed by atoms with E-state index in [0.717, 1.165) is 5.75 Å². The van der Waals surface area contributed by atoms with Crippen molar-refractivity contribution in [3.8, 4) is 11.5 Å². The molecule has 0 bridgehead atoms. The van der Waals surface area contributed by atoms with Crippen molar-refractivity contribution in [1.82, 2.24) is 5.32 Å². The van der Waals surface area contributed by atoms with Crippen LogP contribution < -0.4 is 14.8 Å². The number of ether oxygens (including phenoxy) is 2. The second-order valence-electron chi connectivity index (χ2n) is 4.08. The van der Waals surface area contributed by atoms with Gasteiger partial charge in [0.25, 0.3) is 0 Å².